The van der Waals surface area contributed by atoms with Crippen molar-refractivity contribution in [2.75, 3.05) is 26.2 Å². The topological polar surface area (TPSA) is 75.2 Å². The normalized spacial score (nSPS) is 21.8. The van der Waals surface area contributed by atoms with Crippen LogP contribution in [0.4, 0.5) is 0 Å². The number of amides is 1. The van der Waals surface area contributed by atoms with Crippen molar-refractivity contribution in [1.82, 2.24) is 24.8 Å². The minimum Gasteiger partial charge on any atom is -0.373 e. The molecule has 24 heavy (non-hydrogen) atoms. The van der Waals surface area contributed by atoms with Crippen LogP contribution in [0.2, 0.25) is 0 Å². The first-order valence-corrected chi connectivity index (χ1v) is 8.41. The predicted molar refractivity (Wildman–Crippen MR) is 90.4 cm³/mol. The highest BCUT2D eigenvalue weighted by atomic mass is 16.5. The van der Waals surface area contributed by atoms with Crippen LogP contribution in [0.1, 0.15) is 24.5 Å². The second-order valence-electron chi connectivity index (χ2n) is 6.06. The van der Waals surface area contributed by atoms with E-state index in [1.54, 1.807) is 6.20 Å². The Morgan fingerprint density at radius 1 is 1.54 bits per heavy atom. The molecule has 3 heterocycles. The third kappa shape index (κ3) is 3.68. The molecule has 1 aliphatic rings. The van der Waals surface area contributed by atoms with Crippen LogP contribution in [0.3, 0.4) is 0 Å². The maximum atomic E-state index is 12.1. The summed E-state index contributed by atoms with van der Waals surface area (Å²) in [5.41, 5.74) is 0.910. The van der Waals surface area contributed by atoms with Gasteiger partial charge >= 0.3 is 0 Å². The maximum absolute atomic E-state index is 12.1. The SMILES string of the molecule is CCN1CCO[C@@H](CNC(=O)Cc2ccc[nH]2)[C@@H]1c1nccn1C. The molecule has 1 aliphatic heterocycles. The predicted octanol–water partition coefficient (Wildman–Crippen LogP) is 0.869. The van der Waals surface area contributed by atoms with Gasteiger partial charge in [-0.2, -0.15) is 0 Å². The van der Waals surface area contributed by atoms with Crippen molar-refractivity contribution < 1.29 is 9.53 Å². The van der Waals surface area contributed by atoms with Gasteiger partial charge in [0.1, 0.15) is 5.82 Å². The molecule has 0 unspecified atom stereocenters. The molecule has 7 nitrogen and oxygen atoms in total. The number of morpholine rings is 1. The van der Waals surface area contributed by atoms with Gasteiger partial charge < -0.3 is 19.6 Å². The summed E-state index contributed by atoms with van der Waals surface area (Å²) in [5, 5.41) is 3.00. The minimum absolute atomic E-state index is 0.00624. The molecular formula is C17H25N5O2. The number of H-pyrrole nitrogens is 1. The van der Waals surface area contributed by atoms with Crippen LogP contribution in [0.15, 0.2) is 30.7 Å². The lowest BCUT2D eigenvalue weighted by atomic mass is 10.1. The van der Waals surface area contributed by atoms with Gasteiger partial charge in [0.05, 0.1) is 25.2 Å². The zero-order valence-electron chi connectivity index (χ0n) is 14.2. The standard InChI is InChI=1S/C17H25N5O2/c1-3-22-9-10-24-14(16(22)17-19-7-8-21(17)2)12-20-15(23)11-13-5-4-6-18-13/h4-8,14,16,18H,3,9-12H2,1-2H3,(H,20,23)/t14-,16+/m0/s1. The van der Waals surface area contributed by atoms with Crippen molar-refractivity contribution in [2.45, 2.75) is 25.5 Å². The first kappa shape index (κ1) is 16.7. The second-order valence-corrected chi connectivity index (χ2v) is 6.06. The molecule has 3 rings (SSSR count). The van der Waals surface area contributed by atoms with E-state index in [2.05, 4.69) is 27.1 Å². The van der Waals surface area contributed by atoms with Crippen molar-refractivity contribution in [2.24, 2.45) is 7.05 Å². The van der Waals surface area contributed by atoms with Crippen molar-refractivity contribution in [3.8, 4) is 0 Å². The number of rotatable bonds is 6. The van der Waals surface area contributed by atoms with Gasteiger partial charge in [0.25, 0.3) is 0 Å². The zero-order chi connectivity index (χ0) is 16.9. The van der Waals surface area contributed by atoms with Crippen LogP contribution in [0.5, 0.6) is 0 Å². The molecule has 0 spiro atoms. The smallest absolute Gasteiger partial charge is 0.226 e. The number of carbonyl (C=O) groups is 1. The number of imidazole rings is 1. The van der Waals surface area contributed by atoms with E-state index < -0.39 is 0 Å². The molecule has 0 radical (unpaired) electrons. The van der Waals surface area contributed by atoms with Crippen molar-refractivity contribution >= 4 is 5.91 Å². The highest BCUT2D eigenvalue weighted by molar-refractivity contribution is 5.78. The fourth-order valence-electron chi connectivity index (χ4n) is 3.23. The van der Waals surface area contributed by atoms with Gasteiger partial charge in [-0.25, -0.2) is 4.98 Å². The number of hydrogen-bond donors (Lipinski definition) is 2. The lowest BCUT2D eigenvalue weighted by Crippen LogP contribution is -2.50. The Balaban J connectivity index is 1.65. The molecule has 0 aliphatic carbocycles. The largest absolute Gasteiger partial charge is 0.373 e. The summed E-state index contributed by atoms with van der Waals surface area (Å²) < 4.78 is 7.99. The van der Waals surface area contributed by atoms with E-state index >= 15 is 0 Å². The fraction of sp³-hybridized carbons (Fsp3) is 0.529. The summed E-state index contributed by atoms with van der Waals surface area (Å²) in [6.45, 7) is 5.09. The molecule has 0 bridgehead atoms. The Labute approximate surface area is 142 Å². The lowest BCUT2D eigenvalue weighted by molar-refractivity contribution is -0.122. The van der Waals surface area contributed by atoms with Gasteiger partial charge in [-0.1, -0.05) is 6.92 Å². The van der Waals surface area contributed by atoms with E-state index in [9.17, 15) is 4.79 Å². The number of hydrogen-bond acceptors (Lipinski definition) is 4. The van der Waals surface area contributed by atoms with E-state index in [0.29, 0.717) is 19.6 Å². The molecule has 1 saturated heterocycles. The molecule has 130 valence electrons. The van der Waals surface area contributed by atoms with Crippen molar-refractivity contribution in [1.29, 1.82) is 0 Å². The summed E-state index contributed by atoms with van der Waals surface area (Å²) in [6, 6.07) is 3.85. The van der Waals surface area contributed by atoms with Gasteiger partial charge in [0.2, 0.25) is 5.91 Å². The minimum atomic E-state index is -0.104. The van der Waals surface area contributed by atoms with Gasteiger partial charge in [-0.15, -0.1) is 0 Å². The number of nitrogens with one attached hydrogen (secondary N) is 2. The average molecular weight is 331 g/mol. The third-order valence-corrected chi connectivity index (χ3v) is 4.50. The van der Waals surface area contributed by atoms with E-state index in [1.807, 2.05) is 36.1 Å². The van der Waals surface area contributed by atoms with Crippen LogP contribution in [0.25, 0.3) is 0 Å². The zero-order valence-corrected chi connectivity index (χ0v) is 14.2. The first-order chi connectivity index (χ1) is 11.7. The summed E-state index contributed by atoms with van der Waals surface area (Å²) >= 11 is 0. The van der Waals surface area contributed by atoms with E-state index in [1.165, 1.54) is 0 Å². The second kappa shape index (κ2) is 7.63. The Kier molecular flexibility index (Phi) is 5.32. The number of aromatic amines is 1. The van der Waals surface area contributed by atoms with E-state index in [4.69, 9.17) is 4.74 Å². The lowest BCUT2D eigenvalue weighted by Gasteiger charge is -2.40. The highest BCUT2D eigenvalue weighted by Gasteiger charge is 2.35. The summed E-state index contributed by atoms with van der Waals surface area (Å²) in [6.07, 6.45) is 5.82. The monoisotopic (exact) mass is 331 g/mol. The van der Waals surface area contributed by atoms with Gasteiger partial charge in [0.15, 0.2) is 0 Å². The Hall–Kier alpha value is -2.12. The molecule has 0 aromatic carbocycles. The van der Waals surface area contributed by atoms with Gasteiger partial charge in [0, 0.05) is 44.4 Å². The highest BCUT2D eigenvalue weighted by Crippen LogP contribution is 2.27. The van der Waals surface area contributed by atoms with Crippen molar-refractivity contribution in [3.05, 3.63) is 42.2 Å². The summed E-state index contributed by atoms with van der Waals surface area (Å²) in [4.78, 5) is 22.0. The summed E-state index contributed by atoms with van der Waals surface area (Å²) in [5.74, 6) is 0.966. The van der Waals surface area contributed by atoms with Gasteiger partial charge in [-0.3, -0.25) is 9.69 Å². The Morgan fingerprint density at radius 2 is 2.42 bits per heavy atom. The Bertz CT molecular complexity index is 652. The van der Waals surface area contributed by atoms with Crippen LogP contribution in [0, 0.1) is 0 Å². The molecular weight excluding hydrogens is 306 g/mol. The molecule has 7 heteroatoms. The number of aryl methyl sites for hydroxylation is 1. The van der Waals surface area contributed by atoms with E-state index in [-0.39, 0.29) is 18.1 Å². The van der Waals surface area contributed by atoms with Crippen LogP contribution in [-0.2, 0) is 23.0 Å². The molecule has 2 aromatic heterocycles. The fourth-order valence-corrected chi connectivity index (χ4v) is 3.23. The van der Waals surface area contributed by atoms with Gasteiger partial charge in [-0.05, 0) is 18.7 Å². The number of aromatic nitrogens is 3. The molecule has 1 amide bonds. The molecule has 1 fully saturated rings. The number of ether oxygens (including phenoxy) is 1. The van der Waals surface area contributed by atoms with Crippen LogP contribution < -0.4 is 5.32 Å². The summed E-state index contributed by atoms with van der Waals surface area (Å²) in [7, 11) is 1.99. The quantitative estimate of drug-likeness (QED) is 0.824. The van der Waals surface area contributed by atoms with E-state index in [0.717, 1.165) is 24.6 Å². The molecule has 2 N–H and O–H groups in total. The molecule has 0 saturated carbocycles. The van der Waals surface area contributed by atoms with Crippen molar-refractivity contribution in [3.63, 3.8) is 0 Å². The number of carbonyl (C=O) groups excluding carboxylic acids is 1. The number of nitrogens with zero attached hydrogens (tertiary/aromatic N) is 3. The number of likely N-dealkylation sites (N-methyl/N-ethyl adjacent to an activating group) is 1. The van der Waals surface area contributed by atoms with Crippen LogP contribution >= 0.6 is 0 Å². The molecule has 2 aromatic rings. The maximum Gasteiger partial charge on any atom is 0.226 e. The molecule has 2 atom stereocenters. The average Bonchev–Trinajstić information content (AvgIpc) is 3.24. The third-order valence-electron chi connectivity index (χ3n) is 4.50. The van der Waals surface area contributed by atoms with Crippen LogP contribution in [-0.4, -0.2) is 57.7 Å². The first-order valence-electron chi connectivity index (χ1n) is 8.41. The Morgan fingerprint density at radius 3 is 3.08 bits per heavy atom.